The molecule has 0 atom stereocenters. The van der Waals surface area contributed by atoms with Crippen molar-refractivity contribution in [2.24, 2.45) is 0 Å². The summed E-state index contributed by atoms with van der Waals surface area (Å²) in [4.78, 5) is 0. The predicted octanol–water partition coefficient (Wildman–Crippen LogP) is 0.498. The van der Waals surface area contributed by atoms with Gasteiger partial charge in [0.2, 0.25) is 0 Å². The zero-order valence-corrected chi connectivity index (χ0v) is 23.9. The van der Waals surface area contributed by atoms with Crippen LogP contribution < -0.4 is 43.7 Å². The lowest BCUT2D eigenvalue weighted by atomic mass is 9.59. The molecule has 0 amide bonds. The molecule has 0 heterocycles. The van der Waals surface area contributed by atoms with Crippen LogP contribution in [0.25, 0.3) is 65.7 Å². The van der Waals surface area contributed by atoms with Crippen molar-refractivity contribution in [3.8, 4) is 33.4 Å². The van der Waals surface area contributed by atoms with Gasteiger partial charge in [-0.15, -0.1) is 21.9 Å². The van der Waals surface area contributed by atoms with Crippen LogP contribution in [0.2, 0.25) is 0 Å². The number of rotatable bonds is 3. The first-order valence-corrected chi connectivity index (χ1v) is 14.1. The lowest BCUT2D eigenvalue weighted by molar-refractivity contribution is 1.63. The number of hydrogen-bond acceptors (Lipinski definition) is 0. The van der Waals surface area contributed by atoms with E-state index < -0.39 is 0 Å². The topological polar surface area (TPSA) is 0 Å². The van der Waals surface area contributed by atoms with E-state index in [1.54, 1.807) is 0 Å². The van der Waals surface area contributed by atoms with Crippen LogP contribution in [0.1, 0.15) is 0 Å². The number of benzene rings is 7. The summed E-state index contributed by atoms with van der Waals surface area (Å²) < 4.78 is 0. The molecule has 0 nitrogen and oxygen atoms in total. The summed E-state index contributed by atoms with van der Waals surface area (Å²) >= 11 is 0. The number of fused-ring (bicyclic) bond motifs is 3. The fourth-order valence-corrected chi connectivity index (χ4v) is 6.35. The minimum Gasteiger partial charge on any atom is -0.110 e. The molecule has 0 fully saturated rings. The van der Waals surface area contributed by atoms with Gasteiger partial charge in [0.1, 0.15) is 62.8 Å². The zero-order chi connectivity index (χ0) is 30.9. The predicted molar refractivity (Wildman–Crippen MR) is 198 cm³/mol. The average molecular weight is 535 g/mol. The monoisotopic (exact) mass is 536 g/mol. The van der Waals surface area contributed by atoms with Gasteiger partial charge in [0.25, 0.3) is 0 Å². The van der Waals surface area contributed by atoms with Gasteiger partial charge in [-0.2, -0.15) is 0 Å². The Balaban J connectivity index is 1.70. The Bertz CT molecular complexity index is 2230. The van der Waals surface area contributed by atoms with Crippen molar-refractivity contribution in [2.45, 2.75) is 0 Å². The molecule has 0 aliphatic rings. The summed E-state index contributed by atoms with van der Waals surface area (Å²) in [5.74, 6) is 0. The maximum atomic E-state index is 6.84. The summed E-state index contributed by atoms with van der Waals surface area (Å²) in [7, 11) is 53.2. The molecule has 0 aliphatic carbocycles. The van der Waals surface area contributed by atoms with Gasteiger partial charge in [0.05, 0.1) is 0 Å². The van der Waals surface area contributed by atoms with E-state index in [9.17, 15) is 0 Å². The average Bonchev–Trinajstić information content (AvgIpc) is 3.06. The molecule has 0 spiro atoms. The van der Waals surface area contributed by atoms with Crippen LogP contribution in [0.3, 0.4) is 0 Å². The molecule has 184 valence electrons. The van der Waals surface area contributed by atoms with Crippen LogP contribution in [0.4, 0.5) is 0 Å². The minimum atomic E-state index is 0.190. The Morgan fingerprint density at radius 1 is 0.273 bits per heavy atom. The van der Waals surface area contributed by atoms with E-state index in [0.29, 0.717) is 32.7 Å². The lowest BCUT2D eigenvalue weighted by Gasteiger charge is -2.28. The van der Waals surface area contributed by atoms with Gasteiger partial charge >= 0.3 is 0 Å². The third-order valence-electron chi connectivity index (χ3n) is 8.61. The van der Waals surface area contributed by atoms with Crippen LogP contribution in [0, 0.1) is 0 Å². The second-order valence-corrected chi connectivity index (χ2v) is 11.1. The van der Waals surface area contributed by atoms with Gasteiger partial charge in [-0.3, -0.25) is 0 Å². The highest BCUT2D eigenvalue weighted by Gasteiger charge is 2.24. The van der Waals surface area contributed by atoms with Gasteiger partial charge in [-0.25, -0.2) is 0 Å². The standard InChI is InChI=1S/C36H16B8/c37-29-25-23(18-8-2-1-3-9-18)26-28(32(40)36(44)34(42)30(26)38)24(27(25)31(39)35(43)33(29)41)22-12-6-11-20(16-22)21-14-13-17-7-4-5-10-19(17)15-21/h1-16H. The van der Waals surface area contributed by atoms with E-state index in [0.717, 1.165) is 33.0 Å². The van der Waals surface area contributed by atoms with Crippen LogP contribution in [0.15, 0.2) is 97.1 Å². The van der Waals surface area contributed by atoms with Gasteiger partial charge < -0.3 is 0 Å². The van der Waals surface area contributed by atoms with Crippen molar-refractivity contribution in [1.82, 2.24) is 0 Å². The molecule has 7 aromatic rings. The smallest absolute Gasteiger partial charge is 0.110 e. The van der Waals surface area contributed by atoms with Crippen LogP contribution >= 0.6 is 0 Å². The van der Waals surface area contributed by atoms with Crippen molar-refractivity contribution >= 4 is 139 Å². The molecule has 0 aliphatic heterocycles. The SMILES string of the molecule is [B]c1c([B])c([B])c2c(-c3cccc(-c4ccc5ccccc5c4)c3)c3c([B])c([B])c([B])c([B])c3c(-c3ccccc3)c2c1[B]. The highest BCUT2D eigenvalue weighted by Crippen LogP contribution is 2.41. The van der Waals surface area contributed by atoms with Crippen molar-refractivity contribution < 1.29 is 0 Å². The fourth-order valence-electron chi connectivity index (χ4n) is 6.35. The summed E-state index contributed by atoms with van der Waals surface area (Å²) in [6, 6.07) is 32.4. The van der Waals surface area contributed by atoms with Crippen LogP contribution in [-0.2, 0) is 0 Å². The molecule has 0 N–H and O–H groups in total. The number of hydrogen-bond donors (Lipinski definition) is 0. The Labute approximate surface area is 268 Å². The molecule has 0 bridgehead atoms. The normalized spacial score (nSPS) is 11.5. The molecule has 7 aromatic carbocycles. The molecular weight excluding hydrogens is 519 g/mol. The third kappa shape index (κ3) is 4.26. The minimum absolute atomic E-state index is 0.190. The van der Waals surface area contributed by atoms with E-state index in [-0.39, 0.29) is 43.7 Å². The zero-order valence-electron chi connectivity index (χ0n) is 23.9. The summed E-state index contributed by atoms with van der Waals surface area (Å²) in [6.45, 7) is 0. The highest BCUT2D eigenvalue weighted by molar-refractivity contribution is 6.71. The van der Waals surface area contributed by atoms with E-state index >= 15 is 0 Å². The van der Waals surface area contributed by atoms with Gasteiger partial charge in [0.15, 0.2) is 0 Å². The lowest BCUT2D eigenvalue weighted by Crippen LogP contribution is -2.50. The molecule has 8 heteroatoms. The van der Waals surface area contributed by atoms with E-state index in [1.807, 2.05) is 54.6 Å². The second-order valence-electron chi connectivity index (χ2n) is 11.1. The Morgan fingerprint density at radius 3 is 1.23 bits per heavy atom. The van der Waals surface area contributed by atoms with Gasteiger partial charge in [-0.1, -0.05) is 107 Å². The summed E-state index contributed by atoms with van der Waals surface area (Å²) in [5.41, 5.74) is 6.96. The first-order chi connectivity index (χ1) is 21.2. The first kappa shape index (κ1) is 28.6. The van der Waals surface area contributed by atoms with Crippen molar-refractivity contribution in [2.75, 3.05) is 0 Å². The highest BCUT2D eigenvalue weighted by atomic mass is 14.2. The van der Waals surface area contributed by atoms with Gasteiger partial charge in [-0.05, 0) is 77.8 Å². The van der Waals surface area contributed by atoms with E-state index in [4.69, 9.17) is 62.8 Å². The first-order valence-electron chi connectivity index (χ1n) is 14.1. The Hall–Kier alpha value is -4.16. The Morgan fingerprint density at radius 2 is 0.682 bits per heavy atom. The molecule has 7 rings (SSSR count). The quantitative estimate of drug-likeness (QED) is 0.229. The van der Waals surface area contributed by atoms with Gasteiger partial charge in [0, 0.05) is 0 Å². The maximum Gasteiger partial charge on any atom is 0.113 e. The third-order valence-corrected chi connectivity index (χ3v) is 8.61. The van der Waals surface area contributed by atoms with Crippen molar-refractivity contribution in [3.63, 3.8) is 0 Å². The molecular formula is C36H16B8. The van der Waals surface area contributed by atoms with Crippen molar-refractivity contribution in [3.05, 3.63) is 97.1 Å². The molecule has 0 aromatic heterocycles. The largest absolute Gasteiger partial charge is 0.113 e. The maximum absolute atomic E-state index is 6.84. The van der Waals surface area contributed by atoms with E-state index in [2.05, 4.69) is 42.5 Å². The molecule has 44 heavy (non-hydrogen) atoms. The molecule has 0 saturated carbocycles. The second kappa shape index (κ2) is 10.8. The summed E-state index contributed by atoms with van der Waals surface area (Å²) in [5, 5.41) is 4.72. The molecule has 16 radical (unpaired) electrons. The molecule has 0 saturated heterocycles. The Kier molecular flexibility index (Phi) is 7.00. The fraction of sp³-hybridized carbons (Fsp3) is 0. The van der Waals surface area contributed by atoms with E-state index in [1.165, 1.54) is 0 Å². The van der Waals surface area contributed by atoms with Crippen LogP contribution in [-0.4, -0.2) is 62.8 Å². The van der Waals surface area contributed by atoms with Crippen molar-refractivity contribution in [1.29, 1.82) is 0 Å². The van der Waals surface area contributed by atoms with Crippen LogP contribution in [0.5, 0.6) is 0 Å². The summed E-state index contributed by atoms with van der Waals surface area (Å²) in [6.07, 6.45) is 0. The molecule has 0 unspecified atom stereocenters.